The Kier molecular flexibility index (Phi) is 5.03. The van der Waals surface area contributed by atoms with Gasteiger partial charge in [-0.1, -0.05) is 6.92 Å². The fourth-order valence-corrected chi connectivity index (χ4v) is 1.98. The summed E-state index contributed by atoms with van der Waals surface area (Å²) in [6.07, 6.45) is -5.61. The molecule has 0 saturated carbocycles. The van der Waals surface area contributed by atoms with Gasteiger partial charge in [0.25, 0.3) is 0 Å². The molecule has 0 spiro atoms. The highest BCUT2D eigenvalue weighted by Crippen LogP contribution is 2.18. The van der Waals surface area contributed by atoms with E-state index in [1.54, 1.807) is 4.72 Å². The Hall–Kier alpha value is -0.810. The summed E-state index contributed by atoms with van der Waals surface area (Å²) in [5.74, 6) is 0. The summed E-state index contributed by atoms with van der Waals surface area (Å²) >= 11 is 0. The first kappa shape index (κ1) is 14.2. The number of nitriles is 1. The number of halogens is 3. The Labute approximate surface area is 86.1 Å². The topological polar surface area (TPSA) is 70.0 Å². The Morgan fingerprint density at radius 2 is 2.00 bits per heavy atom. The Morgan fingerprint density at radius 3 is 2.33 bits per heavy atom. The normalized spacial score (nSPS) is 14.6. The highest BCUT2D eigenvalue weighted by atomic mass is 32.2. The van der Waals surface area contributed by atoms with E-state index in [1.165, 1.54) is 13.0 Å². The number of alkyl halides is 3. The van der Waals surface area contributed by atoms with Crippen LogP contribution in [0.3, 0.4) is 0 Å². The van der Waals surface area contributed by atoms with Gasteiger partial charge in [-0.3, -0.25) is 0 Å². The number of rotatable bonds is 5. The lowest BCUT2D eigenvalue weighted by Crippen LogP contribution is -2.35. The molecule has 88 valence electrons. The van der Waals surface area contributed by atoms with Gasteiger partial charge in [-0.05, 0) is 6.42 Å². The molecule has 0 saturated heterocycles. The minimum atomic E-state index is -4.41. The lowest BCUT2D eigenvalue weighted by Gasteiger charge is -2.10. The van der Waals surface area contributed by atoms with Gasteiger partial charge >= 0.3 is 6.18 Å². The monoisotopic (exact) mass is 244 g/mol. The molecule has 0 amide bonds. The van der Waals surface area contributed by atoms with Crippen LogP contribution >= 0.6 is 0 Å². The van der Waals surface area contributed by atoms with Crippen LogP contribution in [-0.4, -0.2) is 26.4 Å². The molecule has 0 aliphatic carbocycles. The molecule has 0 aromatic rings. The molecule has 0 bridgehead atoms. The van der Waals surface area contributed by atoms with Crippen LogP contribution in [0.5, 0.6) is 0 Å². The maximum atomic E-state index is 11.7. The SMILES string of the molecule is CCC(C#N)S(=O)(=O)NCCC(F)(F)F. The van der Waals surface area contributed by atoms with Crippen molar-refractivity contribution < 1.29 is 21.6 Å². The standard InChI is InChI=1S/C7H11F3N2O2S/c1-2-6(5-11)15(13,14)12-4-3-7(8,9)10/h6,12H,2-4H2,1H3. The number of hydrogen-bond acceptors (Lipinski definition) is 3. The summed E-state index contributed by atoms with van der Waals surface area (Å²) in [4.78, 5) is 0. The average molecular weight is 244 g/mol. The van der Waals surface area contributed by atoms with Gasteiger partial charge in [-0.15, -0.1) is 0 Å². The zero-order valence-electron chi connectivity index (χ0n) is 8.00. The van der Waals surface area contributed by atoms with E-state index in [1.807, 2.05) is 0 Å². The maximum Gasteiger partial charge on any atom is 0.390 e. The quantitative estimate of drug-likeness (QED) is 0.788. The van der Waals surface area contributed by atoms with Crippen LogP contribution in [0.4, 0.5) is 13.2 Å². The number of nitrogens with one attached hydrogen (secondary N) is 1. The summed E-state index contributed by atoms with van der Waals surface area (Å²) in [7, 11) is -3.96. The Balaban J connectivity index is 4.24. The average Bonchev–Trinajstić information content (AvgIpc) is 2.02. The van der Waals surface area contributed by atoms with Crippen molar-refractivity contribution in [3.63, 3.8) is 0 Å². The van der Waals surface area contributed by atoms with Gasteiger partial charge in [0.15, 0.2) is 5.25 Å². The lowest BCUT2D eigenvalue weighted by molar-refractivity contribution is -0.132. The second-order valence-corrected chi connectivity index (χ2v) is 4.78. The van der Waals surface area contributed by atoms with Crippen molar-refractivity contribution in [1.82, 2.24) is 4.72 Å². The fraction of sp³-hybridized carbons (Fsp3) is 0.857. The highest BCUT2D eigenvalue weighted by molar-refractivity contribution is 7.90. The zero-order chi connectivity index (χ0) is 12.1. The number of hydrogen-bond donors (Lipinski definition) is 1. The molecule has 0 rings (SSSR count). The van der Waals surface area contributed by atoms with Gasteiger partial charge in [0.2, 0.25) is 10.0 Å². The summed E-state index contributed by atoms with van der Waals surface area (Å²) < 4.78 is 59.2. The molecule has 1 unspecified atom stereocenters. The van der Waals surface area contributed by atoms with E-state index in [0.29, 0.717) is 0 Å². The summed E-state index contributed by atoms with van der Waals surface area (Å²) in [5, 5.41) is 7.13. The van der Waals surface area contributed by atoms with Crippen molar-refractivity contribution in [2.75, 3.05) is 6.54 Å². The van der Waals surface area contributed by atoms with Crippen LogP contribution in [-0.2, 0) is 10.0 Å². The van der Waals surface area contributed by atoms with Gasteiger partial charge < -0.3 is 0 Å². The van der Waals surface area contributed by atoms with Crippen molar-refractivity contribution in [2.45, 2.75) is 31.2 Å². The van der Waals surface area contributed by atoms with Crippen molar-refractivity contribution in [3.8, 4) is 6.07 Å². The number of sulfonamides is 1. The van der Waals surface area contributed by atoms with E-state index in [4.69, 9.17) is 5.26 Å². The molecule has 0 aromatic heterocycles. The van der Waals surface area contributed by atoms with Crippen molar-refractivity contribution in [3.05, 3.63) is 0 Å². The minimum absolute atomic E-state index is 0.0395. The Morgan fingerprint density at radius 1 is 1.47 bits per heavy atom. The first-order chi connectivity index (χ1) is 6.73. The molecule has 0 aliphatic heterocycles. The van der Waals surface area contributed by atoms with E-state index >= 15 is 0 Å². The van der Waals surface area contributed by atoms with Gasteiger partial charge in [0, 0.05) is 6.54 Å². The van der Waals surface area contributed by atoms with Crippen molar-refractivity contribution in [1.29, 1.82) is 5.26 Å². The van der Waals surface area contributed by atoms with E-state index < -0.39 is 34.4 Å². The smallest absolute Gasteiger partial charge is 0.214 e. The first-order valence-electron chi connectivity index (χ1n) is 4.17. The van der Waals surface area contributed by atoms with Crippen LogP contribution < -0.4 is 4.72 Å². The molecule has 0 aliphatic rings. The van der Waals surface area contributed by atoms with Crippen molar-refractivity contribution in [2.24, 2.45) is 0 Å². The third-order valence-electron chi connectivity index (χ3n) is 1.60. The van der Waals surface area contributed by atoms with Crippen LogP contribution in [0.25, 0.3) is 0 Å². The van der Waals surface area contributed by atoms with Gasteiger partial charge in [-0.2, -0.15) is 18.4 Å². The lowest BCUT2D eigenvalue weighted by atomic mass is 10.4. The van der Waals surface area contributed by atoms with E-state index in [2.05, 4.69) is 0 Å². The predicted octanol–water partition coefficient (Wildman–Crippen LogP) is 1.16. The van der Waals surface area contributed by atoms with Crippen LogP contribution in [0.2, 0.25) is 0 Å². The zero-order valence-corrected chi connectivity index (χ0v) is 8.82. The largest absolute Gasteiger partial charge is 0.390 e. The first-order valence-corrected chi connectivity index (χ1v) is 5.72. The van der Waals surface area contributed by atoms with E-state index in [-0.39, 0.29) is 6.42 Å². The third kappa shape index (κ3) is 5.59. The molecular formula is C7H11F3N2O2S. The molecule has 0 fully saturated rings. The highest BCUT2D eigenvalue weighted by Gasteiger charge is 2.29. The van der Waals surface area contributed by atoms with E-state index in [0.717, 1.165) is 0 Å². The van der Waals surface area contributed by atoms with Crippen LogP contribution in [0.1, 0.15) is 19.8 Å². The molecular weight excluding hydrogens is 233 g/mol. The minimum Gasteiger partial charge on any atom is -0.214 e. The Bertz CT molecular complexity index is 331. The van der Waals surface area contributed by atoms with Crippen LogP contribution in [0, 0.1) is 11.3 Å². The molecule has 15 heavy (non-hydrogen) atoms. The molecule has 0 aromatic carbocycles. The molecule has 8 heteroatoms. The van der Waals surface area contributed by atoms with Gasteiger partial charge in [0.05, 0.1) is 12.5 Å². The van der Waals surface area contributed by atoms with Crippen LogP contribution in [0.15, 0.2) is 0 Å². The molecule has 0 heterocycles. The van der Waals surface area contributed by atoms with E-state index in [9.17, 15) is 21.6 Å². The summed E-state index contributed by atoms with van der Waals surface area (Å²) in [6.45, 7) is 0.737. The van der Waals surface area contributed by atoms with Crippen molar-refractivity contribution >= 4 is 10.0 Å². The summed E-state index contributed by atoms with van der Waals surface area (Å²) in [5.41, 5.74) is 0. The molecule has 0 radical (unpaired) electrons. The third-order valence-corrected chi connectivity index (χ3v) is 3.40. The second kappa shape index (κ2) is 5.32. The molecule has 4 nitrogen and oxygen atoms in total. The predicted molar refractivity (Wildman–Crippen MR) is 47.3 cm³/mol. The maximum absolute atomic E-state index is 11.7. The summed E-state index contributed by atoms with van der Waals surface area (Å²) in [6, 6.07) is 1.51. The van der Waals surface area contributed by atoms with Gasteiger partial charge in [0.1, 0.15) is 0 Å². The molecule has 1 atom stereocenters. The van der Waals surface area contributed by atoms with Gasteiger partial charge in [-0.25, -0.2) is 13.1 Å². The molecule has 1 N–H and O–H groups in total. The number of nitrogens with zero attached hydrogens (tertiary/aromatic N) is 1. The second-order valence-electron chi connectivity index (χ2n) is 2.83. The fourth-order valence-electron chi connectivity index (χ4n) is 0.816.